The van der Waals surface area contributed by atoms with Crippen molar-refractivity contribution < 1.29 is 9.47 Å². The second kappa shape index (κ2) is 9.45. The average Bonchev–Trinajstić information content (AvgIpc) is 2.65. The van der Waals surface area contributed by atoms with Crippen molar-refractivity contribution in [2.75, 3.05) is 0 Å². The molecule has 0 heterocycles. The van der Waals surface area contributed by atoms with Crippen molar-refractivity contribution in [3.05, 3.63) is 47.5 Å². The number of hydrogen-bond donors (Lipinski definition) is 0. The molecular weight excluding hydrogens is 368 g/mol. The molecule has 0 radical (unpaired) electrons. The third kappa shape index (κ3) is 6.52. The lowest BCUT2D eigenvalue weighted by atomic mass is 9.83. The SMILES string of the molecule is CCC(C)Oc1cc(-c2cc(OC(C)CC)cc(C(C)(C)C)c2)cc(C(C)(C)C)c1. The minimum atomic E-state index is 0.0429. The Kier molecular flexibility index (Phi) is 7.66. The van der Waals surface area contributed by atoms with Crippen LogP contribution in [0.2, 0.25) is 0 Å². The maximum Gasteiger partial charge on any atom is 0.120 e. The van der Waals surface area contributed by atoms with E-state index in [1.54, 1.807) is 0 Å². The topological polar surface area (TPSA) is 18.5 Å². The molecule has 0 spiro atoms. The Labute approximate surface area is 185 Å². The first-order chi connectivity index (χ1) is 13.8. The fourth-order valence-corrected chi connectivity index (χ4v) is 3.16. The van der Waals surface area contributed by atoms with Gasteiger partial charge in [-0.25, -0.2) is 0 Å². The number of rotatable bonds is 7. The van der Waals surface area contributed by atoms with Crippen molar-refractivity contribution in [1.82, 2.24) is 0 Å². The van der Waals surface area contributed by atoms with Gasteiger partial charge in [0.15, 0.2) is 0 Å². The molecule has 0 aromatic heterocycles. The van der Waals surface area contributed by atoms with E-state index in [1.807, 2.05) is 0 Å². The van der Waals surface area contributed by atoms with Gasteiger partial charge >= 0.3 is 0 Å². The molecule has 2 nitrogen and oxygen atoms in total. The highest BCUT2D eigenvalue weighted by Crippen LogP contribution is 2.37. The summed E-state index contributed by atoms with van der Waals surface area (Å²) in [6.45, 7) is 22.1. The smallest absolute Gasteiger partial charge is 0.120 e. The molecule has 0 amide bonds. The van der Waals surface area contributed by atoms with Crippen molar-refractivity contribution in [2.24, 2.45) is 0 Å². The van der Waals surface area contributed by atoms with E-state index in [-0.39, 0.29) is 23.0 Å². The zero-order valence-electron chi connectivity index (χ0n) is 20.8. The lowest BCUT2D eigenvalue weighted by Crippen LogP contribution is -2.15. The van der Waals surface area contributed by atoms with E-state index in [0.29, 0.717) is 0 Å². The van der Waals surface area contributed by atoms with Gasteiger partial charge in [0, 0.05) is 0 Å². The summed E-state index contributed by atoms with van der Waals surface area (Å²) < 4.78 is 12.5. The Morgan fingerprint density at radius 3 is 1.20 bits per heavy atom. The first-order valence-electron chi connectivity index (χ1n) is 11.5. The predicted octanol–water partition coefficient (Wildman–Crippen LogP) is 8.30. The minimum absolute atomic E-state index is 0.0429. The van der Waals surface area contributed by atoms with Crippen LogP contribution in [0.15, 0.2) is 36.4 Å². The summed E-state index contributed by atoms with van der Waals surface area (Å²) in [7, 11) is 0. The van der Waals surface area contributed by atoms with Crippen molar-refractivity contribution in [2.45, 2.75) is 105 Å². The Balaban J connectivity index is 2.65. The molecule has 2 aromatic rings. The van der Waals surface area contributed by atoms with Crippen LogP contribution in [0.4, 0.5) is 0 Å². The Morgan fingerprint density at radius 2 is 0.933 bits per heavy atom. The van der Waals surface area contributed by atoms with Crippen LogP contribution >= 0.6 is 0 Å². The van der Waals surface area contributed by atoms with Crippen LogP contribution in [-0.4, -0.2) is 12.2 Å². The molecule has 2 atom stereocenters. The van der Waals surface area contributed by atoms with Crippen LogP contribution in [0.1, 0.15) is 93.2 Å². The molecule has 2 rings (SSSR count). The Morgan fingerprint density at radius 1 is 0.600 bits per heavy atom. The van der Waals surface area contributed by atoms with Gasteiger partial charge in [-0.05, 0) is 84.0 Å². The van der Waals surface area contributed by atoms with Crippen molar-refractivity contribution >= 4 is 0 Å². The van der Waals surface area contributed by atoms with Crippen molar-refractivity contribution in [1.29, 1.82) is 0 Å². The molecule has 2 unspecified atom stereocenters. The van der Waals surface area contributed by atoms with Crippen LogP contribution in [0.25, 0.3) is 11.1 Å². The minimum Gasteiger partial charge on any atom is -0.491 e. The molecule has 0 fully saturated rings. The van der Waals surface area contributed by atoms with Gasteiger partial charge in [-0.1, -0.05) is 67.5 Å². The van der Waals surface area contributed by atoms with E-state index >= 15 is 0 Å². The second-order valence-corrected chi connectivity index (χ2v) is 10.7. The molecule has 0 aliphatic heterocycles. The summed E-state index contributed by atoms with van der Waals surface area (Å²) >= 11 is 0. The normalized spacial score (nSPS) is 14.3. The van der Waals surface area contributed by atoms with Gasteiger partial charge < -0.3 is 9.47 Å². The molecule has 2 aromatic carbocycles. The summed E-state index contributed by atoms with van der Waals surface area (Å²) in [6.07, 6.45) is 2.36. The molecule has 0 N–H and O–H groups in total. The summed E-state index contributed by atoms with van der Waals surface area (Å²) in [5, 5.41) is 0. The first kappa shape index (κ1) is 24.3. The molecular formula is C28H42O2. The fourth-order valence-electron chi connectivity index (χ4n) is 3.16. The summed E-state index contributed by atoms with van der Waals surface area (Å²) in [5.41, 5.74) is 5.01. The van der Waals surface area contributed by atoms with Gasteiger partial charge in [0.25, 0.3) is 0 Å². The molecule has 0 aliphatic carbocycles. The van der Waals surface area contributed by atoms with E-state index in [4.69, 9.17) is 9.47 Å². The first-order valence-corrected chi connectivity index (χ1v) is 11.5. The molecule has 30 heavy (non-hydrogen) atoms. The predicted molar refractivity (Wildman–Crippen MR) is 130 cm³/mol. The number of ether oxygens (including phenoxy) is 2. The summed E-state index contributed by atoms with van der Waals surface area (Å²) in [4.78, 5) is 0. The van der Waals surface area contributed by atoms with E-state index < -0.39 is 0 Å². The lowest BCUT2D eigenvalue weighted by molar-refractivity contribution is 0.216. The van der Waals surface area contributed by atoms with E-state index in [2.05, 4.69) is 106 Å². The maximum absolute atomic E-state index is 6.24. The number of benzene rings is 2. The van der Waals surface area contributed by atoms with Gasteiger partial charge in [-0.15, -0.1) is 0 Å². The molecule has 2 heteroatoms. The van der Waals surface area contributed by atoms with Gasteiger partial charge in [0.2, 0.25) is 0 Å². The van der Waals surface area contributed by atoms with Gasteiger partial charge in [-0.2, -0.15) is 0 Å². The van der Waals surface area contributed by atoms with Gasteiger partial charge in [-0.3, -0.25) is 0 Å². The van der Waals surface area contributed by atoms with Crippen molar-refractivity contribution in [3.8, 4) is 22.6 Å². The standard InChI is InChI=1S/C28H42O2/c1-11-19(3)29-25-15-21(13-23(17-25)27(5,6)7)22-14-24(28(8,9)10)18-26(16-22)30-20(4)12-2/h13-20H,11-12H2,1-10H3. The second-order valence-electron chi connectivity index (χ2n) is 10.7. The quantitative estimate of drug-likeness (QED) is 0.457. The van der Waals surface area contributed by atoms with E-state index in [9.17, 15) is 0 Å². The van der Waals surface area contributed by atoms with E-state index in [1.165, 1.54) is 22.3 Å². The Bertz CT molecular complexity index is 765. The zero-order valence-corrected chi connectivity index (χ0v) is 20.8. The lowest BCUT2D eigenvalue weighted by Gasteiger charge is -2.25. The summed E-state index contributed by atoms with van der Waals surface area (Å²) in [6, 6.07) is 13.3. The molecule has 0 aliphatic rings. The van der Waals surface area contributed by atoms with Crippen LogP contribution in [-0.2, 0) is 10.8 Å². The molecule has 0 saturated heterocycles. The molecule has 0 saturated carbocycles. The zero-order chi connectivity index (χ0) is 22.7. The van der Waals surface area contributed by atoms with Gasteiger partial charge in [0.1, 0.15) is 11.5 Å². The van der Waals surface area contributed by atoms with Crippen LogP contribution in [0.5, 0.6) is 11.5 Å². The monoisotopic (exact) mass is 410 g/mol. The highest BCUT2D eigenvalue weighted by molar-refractivity contribution is 5.69. The number of hydrogen-bond acceptors (Lipinski definition) is 2. The van der Waals surface area contributed by atoms with E-state index in [0.717, 1.165) is 24.3 Å². The third-order valence-corrected chi connectivity index (χ3v) is 5.70. The maximum atomic E-state index is 6.24. The van der Waals surface area contributed by atoms with Gasteiger partial charge in [0.05, 0.1) is 12.2 Å². The highest BCUT2D eigenvalue weighted by Gasteiger charge is 2.20. The third-order valence-electron chi connectivity index (χ3n) is 5.70. The summed E-state index contributed by atoms with van der Waals surface area (Å²) in [5.74, 6) is 1.88. The van der Waals surface area contributed by atoms with Crippen LogP contribution in [0, 0.1) is 0 Å². The molecule has 0 bridgehead atoms. The van der Waals surface area contributed by atoms with Crippen molar-refractivity contribution in [3.63, 3.8) is 0 Å². The fraction of sp³-hybridized carbons (Fsp3) is 0.571. The highest BCUT2D eigenvalue weighted by atomic mass is 16.5. The Hall–Kier alpha value is -1.96. The molecule has 166 valence electrons. The van der Waals surface area contributed by atoms with Crippen LogP contribution < -0.4 is 9.47 Å². The largest absolute Gasteiger partial charge is 0.491 e. The van der Waals surface area contributed by atoms with Crippen LogP contribution in [0.3, 0.4) is 0 Å². The average molecular weight is 411 g/mol.